The summed E-state index contributed by atoms with van der Waals surface area (Å²) in [4.78, 5) is 27.2. The molecule has 7 heteroatoms. The average molecular weight is 730 g/mol. The maximum absolute atomic E-state index is 11.3. The summed E-state index contributed by atoms with van der Waals surface area (Å²) in [5.74, 6) is 12.0. The molecule has 2 atom stereocenters. The zero-order chi connectivity index (χ0) is 37.1. The molecule has 0 aliphatic rings. The van der Waals surface area contributed by atoms with Crippen LogP contribution in [0, 0.1) is 17.8 Å². The fraction of sp³-hybridized carbons (Fsp3) is 0.364. The molecule has 51 heavy (non-hydrogen) atoms. The summed E-state index contributed by atoms with van der Waals surface area (Å²) in [7, 11) is 7.00. The molecule has 0 amide bonds. The smallest absolute Gasteiger partial charge is 0.126 e. The maximum atomic E-state index is 11.3. The van der Waals surface area contributed by atoms with Gasteiger partial charge >= 0.3 is 0 Å². The van der Waals surface area contributed by atoms with Crippen molar-refractivity contribution in [3.8, 4) is 11.5 Å². The van der Waals surface area contributed by atoms with Crippen LogP contribution in [0.2, 0.25) is 0 Å². The molecule has 0 radical (unpaired) electrons. The van der Waals surface area contributed by atoms with Gasteiger partial charge in [-0.2, -0.15) is 21.0 Å². The Morgan fingerprint density at radius 2 is 1.04 bits per heavy atom. The van der Waals surface area contributed by atoms with E-state index in [0.717, 1.165) is 48.4 Å². The Balaban J connectivity index is 0.000000348. The summed E-state index contributed by atoms with van der Waals surface area (Å²) < 4.78 is 10.5. The largest absolute Gasteiger partial charge is 0.497 e. The third kappa shape index (κ3) is 13.3. The number of carbonyl (C=O) groups excluding carboxylic acids is 2. The maximum Gasteiger partial charge on any atom is 0.126 e. The molecular formula is C44H59NO4S2. The number of anilines is 1. The summed E-state index contributed by atoms with van der Waals surface area (Å²) in [5, 5.41) is 0. The van der Waals surface area contributed by atoms with E-state index in [0.29, 0.717) is 0 Å². The van der Waals surface area contributed by atoms with Gasteiger partial charge in [0.2, 0.25) is 0 Å². The van der Waals surface area contributed by atoms with Crippen LogP contribution in [-0.4, -0.2) is 64.1 Å². The van der Waals surface area contributed by atoms with Crippen molar-refractivity contribution in [3.05, 3.63) is 113 Å². The van der Waals surface area contributed by atoms with Crippen LogP contribution < -0.4 is 14.4 Å². The minimum Gasteiger partial charge on any atom is -0.497 e. The van der Waals surface area contributed by atoms with E-state index in [2.05, 4.69) is 84.2 Å². The lowest BCUT2D eigenvalue weighted by Crippen LogP contribution is -2.17. The first kappa shape index (κ1) is 43.2. The lowest BCUT2D eigenvalue weighted by Gasteiger charge is -2.23. The van der Waals surface area contributed by atoms with Gasteiger partial charge in [0.05, 0.1) is 14.2 Å². The van der Waals surface area contributed by atoms with Gasteiger partial charge in [-0.3, -0.25) is 0 Å². The summed E-state index contributed by atoms with van der Waals surface area (Å²) in [5.41, 5.74) is 6.75. The molecule has 0 aliphatic carbocycles. The number of benzene rings is 4. The Labute approximate surface area is 313 Å². The monoisotopic (exact) mass is 729 g/mol. The molecule has 0 aromatic heterocycles. The van der Waals surface area contributed by atoms with Crippen LogP contribution in [0.3, 0.4) is 0 Å². The summed E-state index contributed by atoms with van der Waals surface area (Å²) in [6.07, 6.45) is 3.77. The minimum atomic E-state index is -0.359. The van der Waals surface area contributed by atoms with Crippen LogP contribution in [0.15, 0.2) is 94.7 Å². The van der Waals surface area contributed by atoms with E-state index < -0.39 is 0 Å². The molecular weight excluding hydrogens is 671 g/mol. The molecule has 4 rings (SSSR count). The summed E-state index contributed by atoms with van der Waals surface area (Å²) in [6.45, 7) is 10.0. The summed E-state index contributed by atoms with van der Waals surface area (Å²) >= 11 is 0. The van der Waals surface area contributed by atoms with E-state index >= 15 is 0 Å². The number of aldehydes is 2. The molecule has 0 fully saturated rings. The van der Waals surface area contributed by atoms with Crippen molar-refractivity contribution in [2.75, 3.05) is 44.7 Å². The molecule has 0 saturated carbocycles. The minimum absolute atomic E-state index is 0. The van der Waals surface area contributed by atoms with E-state index in [1.807, 2.05) is 66.1 Å². The first-order valence-corrected chi connectivity index (χ1v) is 19.8. The van der Waals surface area contributed by atoms with Gasteiger partial charge in [0.25, 0.3) is 0 Å². The van der Waals surface area contributed by atoms with Gasteiger partial charge in [-0.25, -0.2) is 0 Å². The molecule has 0 saturated heterocycles. The second-order valence-corrected chi connectivity index (χ2v) is 17.8. The van der Waals surface area contributed by atoms with Crippen LogP contribution in [0.1, 0.15) is 62.9 Å². The van der Waals surface area contributed by atoms with Crippen LogP contribution in [0.4, 0.5) is 5.69 Å². The SMILES string of the molecule is C.C=S(CC(C)(C)C=O)c1ccc(C)cc1Cc1ccc(OC)cc1.C=S(CC(C)(C)C=O)c1ccc(N(C)C)cc1Cc1ccc(OC)cc1. The second-order valence-electron chi connectivity index (χ2n) is 14.3. The van der Waals surface area contributed by atoms with Crippen molar-refractivity contribution < 1.29 is 19.1 Å². The summed E-state index contributed by atoms with van der Waals surface area (Å²) in [6, 6.07) is 29.4. The highest BCUT2D eigenvalue weighted by molar-refractivity contribution is 8.14. The van der Waals surface area contributed by atoms with Gasteiger partial charge in [-0.15, -0.1) is 0 Å². The predicted molar refractivity (Wildman–Crippen MR) is 226 cm³/mol. The highest BCUT2D eigenvalue weighted by Crippen LogP contribution is 2.37. The van der Waals surface area contributed by atoms with Crippen molar-refractivity contribution >= 4 is 51.0 Å². The number of nitrogens with zero attached hydrogens (tertiary/aromatic N) is 1. The number of ether oxygens (including phenoxy) is 2. The first-order chi connectivity index (χ1) is 23.6. The molecule has 2 unspecified atom stereocenters. The van der Waals surface area contributed by atoms with E-state index in [9.17, 15) is 9.59 Å². The zero-order valence-corrected chi connectivity index (χ0v) is 33.0. The fourth-order valence-electron chi connectivity index (χ4n) is 5.44. The lowest BCUT2D eigenvalue weighted by atomic mass is 9.99. The Kier molecular flexibility index (Phi) is 16.6. The number of rotatable bonds is 15. The molecule has 0 aliphatic heterocycles. The van der Waals surface area contributed by atoms with Crippen molar-refractivity contribution in [1.29, 1.82) is 0 Å². The second kappa shape index (κ2) is 19.6. The van der Waals surface area contributed by atoms with E-state index in [1.165, 1.54) is 43.3 Å². The normalized spacial score (nSPS) is 12.3. The fourth-order valence-corrected chi connectivity index (χ4v) is 9.21. The third-order valence-electron chi connectivity index (χ3n) is 8.24. The van der Waals surface area contributed by atoms with Gasteiger partial charge in [-0.1, -0.05) is 88.8 Å². The molecule has 0 bridgehead atoms. The number of aryl methyl sites for hydroxylation is 1. The lowest BCUT2D eigenvalue weighted by molar-refractivity contribution is -0.114. The molecule has 4 aromatic carbocycles. The number of hydrogen-bond donors (Lipinski definition) is 0. The first-order valence-electron chi connectivity index (χ1n) is 16.7. The highest BCUT2D eigenvalue weighted by atomic mass is 32.2. The van der Waals surface area contributed by atoms with Crippen LogP contribution in [0.25, 0.3) is 0 Å². The van der Waals surface area contributed by atoms with Crippen LogP contribution in [-0.2, 0) is 22.4 Å². The van der Waals surface area contributed by atoms with E-state index in [1.54, 1.807) is 14.2 Å². The van der Waals surface area contributed by atoms with Crippen LogP contribution in [0.5, 0.6) is 11.5 Å². The molecule has 0 spiro atoms. The Hall–Kier alpha value is -3.94. The Morgan fingerprint density at radius 1 is 0.647 bits per heavy atom. The molecule has 4 aromatic rings. The van der Waals surface area contributed by atoms with Crippen molar-refractivity contribution in [1.82, 2.24) is 0 Å². The Morgan fingerprint density at radius 3 is 1.41 bits per heavy atom. The van der Waals surface area contributed by atoms with Crippen LogP contribution >= 0.6 is 21.0 Å². The Bertz CT molecular complexity index is 1770. The number of carbonyl (C=O) groups is 2. The van der Waals surface area contributed by atoms with Crippen molar-refractivity contribution in [2.45, 2.75) is 64.7 Å². The number of hydrogen-bond acceptors (Lipinski definition) is 5. The molecule has 5 nitrogen and oxygen atoms in total. The van der Waals surface area contributed by atoms with Gasteiger partial charge < -0.3 is 24.0 Å². The molecule has 276 valence electrons. The van der Waals surface area contributed by atoms with Crippen molar-refractivity contribution in [3.63, 3.8) is 0 Å². The van der Waals surface area contributed by atoms with Gasteiger partial charge in [0.1, 0.15) is 24.1 Å². The number of methoxy groups -OCH3 is 2. The quantitative estimate of drug-likeness (QED) is 0.0901. The molecule has 0 heterocycles. The topological polar surface area (TPSA) is 55.8 Å². The van der Waals surface area contributed by atoms with E-state index in [-0.39, 0.29) is 39.2 Å². The van der Waals surface area contributed by atoms with Gasteiger partial charge in [-0.05, 0) is 90.6 Å². The van der Waals surface area contributed by atoms with Crippen molar-refractivity contribution in [2.24, 2.45) is 10.8 Å². The third-order valence-corrected chi connectivity index (χ3v) is 12.5. The average Bonchev–Trinajstić information content (AvgIpc) is 3.08. The van der Waals surface area contributed by atoms with E-state index in [4.69, 9.17) is 9.47 Å². The zero-order valence-electron chi connectivity index (χ0n) is 31.4. The van der Waals surface area contributed by atoms with Gasteiger partial charge in [0, 0.05) is 51.9 Å². The molecule has 0 N–H and O–H groups in total. The highest BCUT2D eigenvalue weighted by Gasteiger charge is 2.21. The predicted octanol–water partition coefficient (Wildman–Crippen LogP) is 10.2. The standard InChI is InChI=1S/C22H29NO2S.C21H26O2S.CH4/c1-22(2,15-24)16-26(6)21-12-9-19(23(3)4)14-18(21)13-17-7-10-20(25-5)11-8-17;1-16-6-11-20(24(5)15-21(2,3)14-22)18(12-16)13-17-7-9-19(23-4)10-8-17;/h7-12,14-15H,6,13,16H2,1-5H3;6-12,14H,5,13,15H2,1-4H3;1H4. The van der Waals surface area contributed by atoms with Gasteiger partial charge in [0.15, 0.2) is 0 Å².